The first-order valence-corrected chi connectivity index (χ1v) is 5.83. The molecule has 0 bridgehead atoms. The molecule has 1 amide bonds. The Bertz CT molecular complexity index is 361. The topological polar surface area (TPSA) is 71.2 Å². The Balaban J connectivity index is 2.85. The largest absolute Gasteiger partial charge is 0.336 e. The van der Waals surface area contributed by atoms with Crippen molar-refractivity contribution in [3.63, 3.8) is 0 Å². The summed E-state index contributed by atoms with van der Waals surface area (Å²) < 4.78 is 0. The number of carbonyl (C=O) groups excluding carboxylic acids is 1. The molecule has 0 radical (unpaired) electrons. The third kappa shape index (κ3) is 3.42. The second-order valence-electron chi connectivity index (χ2n) is 4.17. The summed E-state index contributed by atoms with van der Waals surface area (Å²) in [6, 6.07) is 3.61. The van der Waals surface area contributed by atoms with E-state index in [9.17, 15) is 4.79 Å². The second-order valence-corrected chi connectivity index (χ2v) is 4.17. The molecule has 0 atom stereocenters. The van der Waals surface area contributed by atoms with Gasteiger partial charge in [-0.2, -0.15) is 0 Å². The van der Waals surface area contributed by atoms with E-state index in [1.165, 1.54) is 0 Å². The molecule has 1 rings (SSSR count). The SMILES string of the molecule is CCCN(C(=O)c1ccc(NN)nc1)C(C)C. The van der Waals surface area contributed by atoms with E-state index in [2.05, 4.69) is 17.3 Å². The van der Waals surface area contributed by atoms with E-state index in [4.69, 9.17) is 5.84 Å². The minimum Gasteiger partial charge on any atom is -0.336 e. The first-order valence-electron chi connectivity index (χ1n) is 5.83. The number of nitrogens with zero attached hydrogens (tertiary/aromatic N) is 2. The van der Waals surface area contributed by atoms with Crippen molar-refractivity contribution in [1.82, 2.24) is 9.88 Å². The first kappa shape index (κ1) is 13.4. The lowest BCUT2D eigenvalue weighted by Crippen LogP contribution is -2.37. The zero-order valence-corrected chi connectivity index (χ0v) is 10.6. The molecule has 17 heavy (non-hydrogen) atoms. The Hall–Kier alpha value is -1.62. The lowest BCUT2D eigenvalue weighted by atomic mass is 10.2. The molecule has 0 aliphatic carbocycles. The van der Waals surface area contributed by atoms with Gasteiger partial charge in [-0.3, -0.25) is 4.79 Å². The molecule has 1 heterocycles. The summed E-state index contributed by atoms with van der Waals surface area (Å²) in [5.74, 6) is 5.79. The van der Waals surface area contributed by atoms with Crippen molar-refractivity contribution < 1.29 is 4.79 Å². The van der Waals surface area contributed by atoms with Crippen LogP contribution in [0.3, 0.4) is 0 Å². The molecule has 0 aliphatic rings. The molecule has 0 aromatic carbocycles. The minimum atomic E-state index is 0.0120. The standard InChI is InChI=1S/C12H20N4O/c1-4-7-16(9(2)3)12(17)10-5-6-11(15-13)14-8-10/h5-6,8-9H,4,7,13H2,1-3H3,(H,14,15). The fraction of sp³-hybridized carbons (Fsp3) is 0.500. The van der Waals surface area contributed by atoms with Crippen molar-refractivity contribution in [2.45, 2.75) is 33.2 Å². The van der Waals surface area contributed by atoms with Gasteiger partial charge in [0.15, 0.2) is 0 Å². The van der Waals surface area contributed by atoms with Crippen LogP contribution < -0.4 is 11.3 Å². The van der Waals surface area contributed by atoms with Gasteiger partial charge in [-0.05, 0) is 32.4 Å². The number of hydrogen-bond acceptors (Lipinski definition) is 4. The molecule has 94 valence electrons. The van der Waals surface area contributed by atoms with Gasteiger partial charge in [0.1, 0.15) is 5.82 Å². The molecule has 0 fully saturated rings. The number of hydrogen-bond donors (Lipinski definition) is 2. The number of nitrogens with two attached hydrogens (primary N) is 1. The van der Waals surface area contributed by atoms with Crippen molar-refractivity contribution in [3.05, 3.63) is 23.9 Å². The van der Waals surface area contributed by atoms with Gasteiger partial charge in [-0.1, -0.05) is 6.92 Å². The number of rotatable bonds is 5. The van der Waals surface area contributed by atoms with Crippen LogP contribution in [0.4, 0.5) is 5.82 Å². The minimum absolute atomic E-state index is 0.0120. The highest BCUT2D eigenvalue weighted by Gasteiger charge is 2.17. The maximum absolute atomic E-state index is 12.2. The Kier molecular flexibility index (Phi) is 4.90. The van der Waals surface area contributed by atoms with Gasteiger partial charge < -0.3 is 10.3 Å². The normalized spacial score (nSPS) is 10.4. The van der Waals surface area contributed by atoms with Crippen molar-refractivity contribution >= 4 is 11.7 Å². The predicted octanol–water partition coefficient (Wildman–Crippen LogP) is 1.63. The Morgan fingerprint density at radius 1 is 1.53 bits per heavy atom. The van der Waals surface area contributed by atoms with Crippen LogP contribution in [0.15, 0.2) is 18.3 Å². The summed E-state index contributed by atoms with van der Waals surface area (Å²) in [7, 11) is 0. The number of hydrazine groups is 1. The molecular weight excluding hydrogens is 216 g/mol. The molecule has 1 aromatic heterocycles. The number of anilines is 1. The van der Waals surface area contributed by atoms with Crippen LogP contribution in [0.25, 0.3) is 0 Å². The quantitative estimate of drug-likeness (QED) is 0.602. The van der Waals surface area contributed by atoms with Crippen LogP contribution in [-0.4, -0.2) is 28.4 Å². The fourth-order valence-electron chi connectivity index (χ4n) is 1.61. The van der Waals surface area contributed by atoms with Crippen molar-refractivity contribution in [2.24, 2.45) is 5.84 Å². The maximum atomic E-state index is 12.2. The summed E-state index contributed by atoms with van der Waals surface area (Å²) in [5, 5.41) is 0. The third-order valence-corrected chi connectivity index (χ3v) is 2.51. The Morgan fingerprint density at radius 3 is 2.65 bits per heavy atom. The summed E-state index contributed by atoms with van der Waals surface area (Å²) >= 11 is 0. The average Bonchev–Trinajstić information content (AvgIpc) is 2.35. The van der Waals surface area contributed by atoms with E-state index in [0.717, 1.165) is 13.0 Å². The van der Waals surface area contributed by atoms with Crippen LogP contribution in [0.5, 0.6) is 0 Å². The predicted molar refractivity (Wildman–Crippen MR) is 68.5 cm³/mol. The third-order valence-electron chi connectivity index (χ3n) is 2.51. The lowest BCUT2D eigenvalue weighted by Gasteiger charge is -2.26. The van der Waals surface area contributed by atoms with Crippen LogP contribution in [0, 0.1) is 0 Å². The fourth-order valence-corrected chi connectivity index (χ4v) is 1.61. The zero-order chi connectivity index (χ0) is 12.8. The van der Waals surface area contributed by atoms with E-state index in [0.29, 0.717) is 11.4 Å². The van der Waals surface area contributed by atoms with E-state index in [-0.39, 0.29) is 11.9 Å². The summed E-state index contributed by atoms with van der Waals surface area (Å²) in [6.45, 7) is 6.84. The molecule has 5 nitrogen and oxygen atoms in total. The number of carbonyl (C=O) groups is 1. The van der Waals surface area contributed by atoms with Crippen LogP contribution in [0.2, 0.25) is 0 Å². The highest BCUT2D eigenvalue weighted by Crippen LogP contribution is 2.10. The lowest BCUT2D eigenvalue weighted by molar-refractivity contribution is 0.0705. The van der Waals surface area contributed by atoms with Gasteiger partial charge in [-0.15, -0.1) is 0 Å². The number of amides is 1. The molecule has 1 aromatic rings. The molecule has 0 unspecified atom stereocenters. The van der Waals surface area contributed by atoms with E-state index in [1.807, 2.05) is 18.7 Å². The second kappa shape index (κ2) is 6.20. The summed E-state index contributed by atoms with van der Waals surface area (Å²) in [6.07, 6.45) is 2.49. The molecule has 0 spiro atoms. The maximum Gasteiger partial charge on any atom is 0.255 e. The number of nitrogens with one attached hydrogen (secondary N) is 1. The van der Waals surface area contributed by atoms with E-state index in [1.54, 1.807) is 18.3 Å². The zero-order valence-electron chi connectivity index (χ0n) is 10.6. The molecular formula is C12H20N4O. The van der Waals surface area contributed by atoms with E-state index < -0.39 is 0 Å². The Morgan fingerprint density at radius 2 is 2.24 bits per heavy atom. The Labute approximate surface area is 102 Å². The molecule has 0 saturated heterocycles. The monoisotopic (exact) mass is 236 g/mol. The van der Waals surface area contributed by atoms with Gasteiger partial charge in [-0.25, -0.2) is 10.8 Å². The summed E-state index contributed by atoms with van der Waals surface area (Å²) in [4.78, 5) is 18.1. The van der Waals surface area contributed by atoms with E-state index >= 15 is 0 Å². The van der Waals surface area contributed by atoms with Gasteiger partial charge in [0, 0.05) is 18.8 Å². The van der Waals surface area contributed by atoms with Gasteiger partial charge >= 0.3 is 0 Å². The van der Waals surface area contributed by atoms with Crippen molar-refractivity contribution in [1.29, 1.82) is 0 Å². The van der Waals surface area contributed by atoms with Crippen molar-refractivity contribution in [2.75, 3.05) is 12.0 Å². The van der Waals surface area contributed by atoms with Crippen molar-refractivity contribution in [3.8, 4) is 0 Å². The highest BCUT2D eigenvalue weighted by molar-refractivity contribution is 5.94. The van der Waals surface area contributed by atoms with Crippen LogP contribution in [0.1, 0.15) is 37.6 Å². The molecule has 3 N–H and O–H groups in total. The molecule has 0 saturated carbocycles. The van der Waals surface area contributed by atoms with Gasteiger partial charge in [0.05, 0.1) is 5.56 Å². The molecule has 5 heteroatoms. The van der Waals surface area contributed by atoms with Crippen LogP contribution >= 0.6 is 0 Å². The first-order chi connectivity index (χ1) is 8.10. The van der Waals surface area contributed by atoms with Crippen LogP contribution in [-0.2, 0) is 0 Å². The molecule has 0 aliphatic heterocycles. The average molecular weight is 236 g/mol. The summed E-state index contributed by atoms with van der Waals surface area (Å²) in [5.41, 5.74) is 3.02. The number of nitrogen functional groups attached to an aromatic ring is 1. The number of pyridine rings is 1. The number of aromatic nitrogens is 1. The van der Waals surface area contributed by atoms with Gasteiger partial charge in [0.2, 0.25) is 0 Å². The van der Waals surface area contributed by atoms with Gasteiger partial charge in [0.25, 0.3) is 5.91 Å². The smallest absolute Gasteiger partial charge is 0.255 e. The highest BCUT2D eigenvalue weighted by atomic mass is 16.2.